The highest BCUT2D eigenvalue weighted by Crippen LogP contribution is 2.07. The Bertz CT molecular complexity index is 1080. The number of nitrogens with one attached hydrogen (secondary N) is 5. The fraction of sp³-hybridized carbons (Fsp3) is 0.500. The first-order valence-corrected chi connectivity index (χ1v) is 12.7. The summed E-state index contributed by atoms with van der Waals surface area (Å²) in [7, 11) is 0. The minimum atomic E-state index is -1.55. The molecular formula is C26H38N6O8. The van der Waals surface area contributed by atoms with Gasteiger partial charge in [0.25, 0.3) is 0 Å². The van der Waals surface area contributed by atoms with Crippen LogP contribution >= 0.6 is 0 Å². The normalized spacial score (nSPS) is 13.6. The zero-order valence-electron chi connectivity index (χ0n) is 23.0. The van der Waals surface area contributed by atoms with E-state index in [1.165, 1.54) is 13.8 Å². The van der Waals surface area contributed by atoms with Gasteiger partial charge in [0.15, 0.2) is 0 Å². The minimum absolute atomic E-state index is 0.00192. The average molecular weight is 563 g/mol. The zero-order chi connectivity index (χ0) is 30.4. The van der Waals surface area contributed by atoms with Gasteiger partial charge in [0, 0.05) is 13.3 Å². The number of carbonyl (C=O) groups excluding carboxylic acids is 6. The Morgan fingerprint density at radius 2 is 1.35 bits per heavy atom. The maximum absolute atomic E-state index is 12.9. The molecule has 14 heteroatoms. The van der Waals surface area contributed by atoms with Crippen LogP contribution in [0.15, 0.2) is 30.3 Å². The van der Waals surface area contributed by atoms with E-state index in [1.807, 2.05) is 13.8 Å². The number of rotatable bonds is 16. The summed E-state index contributed by atoms with van der Waals surface area (Å²) >= 11 is 0. The van der Waals surface area contributed by atoms with Gasteiger partial charge >= 0.3 is 5.97 Å². The third-order valence-corrected chi connectivity index (χ3v) is 5.52. The predicted octanol–water partition coefficient (Wildman–Crippen LogP) is -1.67. The molecule has 0 radical (unpaired) electrons. The lowest BCUT2D eigenvalue weighted by atomic mass is 10.0. The Morgan fingerprint density at radius 1 is 0.775 bits per heavy atom. The second-order valence-electron chi connectivity index (χ2n) is 9.71. The molecule has 4 atom stereocenters. The first-order valence-electron chi connectivity index (χ1n) is 12.7. The van der Waals surface area contributed by atoms with Gasteiger partial charge in [-0.2, -0.15) is 0 Å². The van der Waals surface area contributed by atoms with Crippen LogP contribution in [0.5, 0.6) is 0 Å². The van der Waals surface area contributed by atoms with Crippen molar-refractivity contribution in [1.82, 2.24) is 26.6 Å². The maximum atomic E-state index is 12.9. The molecule has 1 rings (SSSR count). The molecule has 0 aromatic heterocycles. The van der Waals surface area contributed by atoms with Gasteiger partial charge in [-0.05, 0) is 24.8 Å². The van der Waals surface area contributed by atoms with Crippen LogP contribution in [0.2, 0.25) is 0 Å². The molecule has 220 valence electrons. The summed E-state index contributed by atoms with van der Waals surface area (Å²) in [4.78, 5) is 85.2. The van der Waals surface area contributed by atoms with Crippen molar-refractivity contribution in [3.8, 4) is 0 Å². The van der Waals surface area contributed by atoms with E-state index in [4.69, 9.17) is 5.73 Å². The number of carboxylic acids is 1. The molecule has 0 saturated heterocycles. The molecule has 0 saturated carbocycles. The quantitative estimate of drug-likeness (QED) is 0.123. The molecule has 0 aliphatic heterocycles. The van der Waals surface area contributed by atoms with Gasteiger partial charge in [0.2, 0.25) is 35.4 Å². The van der Waals surface area contributed by atoms with Crippen molar-refractivity contribution in [2.45, 2.75) is 71.1 Å². The highest BCUT2D eigenvalue weighted by Gasteiger charge is 2.31. The van der Waals surface area contributed by atoms with E-state index >= 15 is 0 Å². The largest absolute Gasteiger partial charge is 0.481 e. The number of hydrogen-bond donors (Lipinski definition) is 7. The molecule has 8 N–H and O–H groups in total. The summed E-state index contributed by atoms with van der Waals surface area (Å²) in [5, 5.41) is 21.3. The van der Waals surface area contributed by atoms with Crippen LogP contribution in [-0.4, -0.2) is 77.2 Å². The summed E-state index contributed by atoms with van der Waals surface area (Å²) in [5.41, 5.74) is 5.79. The van der Waals surface area contributed by atoms with Gasteiger partial charge in [-0.1, -0.05) is 44.2 Å². The number of carbonyl (C=O) groups is 7. The highest BCUT2D eigenvalue weighted by molar-refractivity contribution is 5.97. The summed E-state index contributed by atoms with van der Waals surface area (Å²) in [6.07, 6.45) is -0.477. The Kier molecular flexibility index (Phi) is 13.8. The molecule has 0 aliphatic rings. The van der Waals surface area contributed by atoms with Crippen molar-refractivity contribution in [1.29, 1.82) is 0 Å². The van der Waals surface area contributed by atoms with Crippen LogP contribution in [0.3, 0.4) is 0 Å². The Balaban J connectivity index is 2.98. The van der Waals surface area contributed by atoms with Crippen molar-refractivity contribution in [2.24, 2.45) is 11.7 Å². The number of benzene rings is 1. The fourth-order valence-corrected chi connectivity index (χ4v) is 3.64. The molecule has 0 fully saturated rings. The van der Waals surface area contributed by atoms with E-state index in [-0.39, 0.29) is 18.8 Å². The molecule has 0 aliphatic carbocycles. The van der Waals surface area contributed by atoms with Gasteiger partial charge in [0.1, 0.15) is 24.2 Å². The Labute approximate surface area is 232 Å². The fourth-order valence-electron chi connectivity index (χ4n) is 3.64. The number of aliphatic carboxylic acids is 1. The van der Waals surface area contributed by atoms with Crippen molar-refractivity contribution >= 4 is 41.4 Å². The van der Waals surface area contributed by atoms with Crippen molar-refractivity contribution in [2.75, 3.05) is 6.54 Å². The summed E-state index contributed by atoms with van der Waals surface area (Å²) in [6.45, 7) is 5.74. The molecular weight excluding hydrogens is 524 g/mol. The summed E-state index contributed by atoms with van der Waals surface area (Å²) in [5.74, 6) is -5.80. The number of nitrogens with two attached hydrogens (primary N) is 1. The van der Waals surface area contributed by atoms with Gasteiger partial charge < -0.3 is 37.4 Å². The molecule has 0 heterocycles. The van der Waals surface area contributed by atoms with E-state index in [9.17, 15) is 38.7 Å². The number of primary amides is 1. The second-order valence-corrected chi connectivity index (χ2v) is 9.71. The number of carboxylic acid groups (broad SMARTS) is 1. The first-order chi connectivity index (χ1) is 18.7. The van der Waals surface area contributed by atoms with E-state index in [2.05, 4.69) is 26.6 Å². The predicted molar refractivity (Wildman–Crippen MR) is 143 cm³/mol. The molecule has 6 amide bonds. The lowest BCUT2D eigenvalue weighted by Crippen LogP contribution is -2.58. The lowest BCUT2D eigenvalue weighted by Gasteiger charge is -2.25. The van der Waals surface area contributed by atoms with Gasteiger partial charge in [-0.3, -0.25) is 33.6 Å². The highest BCUT2D eigenvalue weighted by atomic mass is 16.4. The van der Waals surface area contributed by atoms with Crippen LogP contribution in [0.25, 0.3) is 0 Å². The first kappa shape index (κ1) is 33.5. The van der Waals surface area contributed by atoms with Crippen LogP contribution in [0.4, 0.5) is 0 Å². The van der Waals surface area contributed by atoms with Crippen LogP contribution < -0.4 is 32.3 Å². The lowest BCUT2D eigenvalue weighted by molar-refractivity contribution is -0.141. The minimum Gasteiger partial charge on any atom is -0.481 e. The number of amides is 6. The molecule has 1 aromatic rings. The van der Waals surface area contributed by atoms with E-state index in [0.29, 0.717) is 5.56 Å². The standard InChI is InChI=1S/C26H38N6O8/c1-14(2)10-18(30-16(4)33)26(40)32-20(12-22(35)36)25(39)29-15(3)23(37)31-19(24(38)28-13-21(27)34)11-17-8-6-5-7-9-17/h5-9,14-15,18-20H,10-13H2,1-4H3,(H2,27,34)(H,28,38)(H,29,39)(H,30,33)(H,31,37)(H,32,40)(H,35,36)/t15-,18-,19-,20-/m0/s1. The molecule has 14 nitrogen and oxygen atoms in total. The van der Waals surface area contributed by atoms with E-state index < -0.39 is 78.5 Å². The molecule has 0 spiro atoms. The Morgan fingerprint density at radius 3 is 1.88 bits per heavy atom. The molecule has 1 aromatic carbocycles. The monoisotopic (exact) mass is 562 g/mol. The molecule has 40 heavy (non-hydrogen) atoms. The Hall–Kier alpha value is -4.49. The third kappa shape index (κ3) is 12.8. The number of hydrogen-bond acceptors (Lipinski definition) is 7. The van der Waals surface area contributed by atoms with Gasteiger partial charge in [-0.25, -0.2) is 0 Å². The molecule has 0 bridgehead atoms. The maximum Gasteiger partial charge on any atom is 0.305 e. The molecule has 0 unspecified atom stereocenters. The van der Waals surface area contributed by atoms with Crippen LogP contribution in [-0.2, 0) is 40.0 Å². The summed E-state index contributed by atoms with van der Waals surface area (Å²) < 4.78 is 0. The second kappa shape index (κ2) is 16.5. The van der Waals surface area contributed by atoms with E-state index in [0.717, 1.165) is 0 Å². The van der Waals surface area contributed by atoms with E-state index in [1.54, 1.807) is 30.3 Å². The van der Waals surface area contributed by atoms with Crippen LogP contribution in [0.1, 0.15) is 46.1 Å². The van der Waals surface area contributed by atoms with Gasteiger partial charge in [0.05, 0.1) is 13.0 Å². The third-order valence-electron chi connectivity index (χ3n) is 5.52. The summed E-state index contributed by atoms with van der Waals surface area (Å²) in [6, 6.07) is 3.80. The van der Waals surface area contributed by atoms with Gasteiger partial charge in [-0.15, -0.1) is 0 Å². The average Bonchev–Trinajstić information content (AvgIpc) is 2.85. The smallest absolute Gasteiger partial charge is 0.305 e. The zero-order valence-corrected chi connectivity index (χ0v) is 23.0. The topological polar surface area (TPSA) is 226 Å². The van der Waals surface area contributed by atoms with Crippen molar-refractivity contribution < 1.29 is 38.7 Å². The van der Waals surface area contributed by atoms with Crippen molar-refractivity contribution in [3.05, 3.63) is 35.9 Å². The van der Waals surface area contributed by atoms with Crippen LogP contribution in [0, 0.1) is 5.92 Å². The SMILES string of the molecule is CC(=O)N[C@@H](CC(C)C)C(=O)N[C@@H](CC(=O)O)C(=O)N[C@@H](C)C(=O)N[C@@H](Cc1ccccc1)C(=O)NCC(N)=O. The van der Waals surface area contributed by atoms with Crippen molar-refractivity contribution in [3.63, 3.8) is 0 Å².